The van der Waals surface area contributed by atoms with Crippen molar-refractivity contribution in [3.05, 3.63) is 67.0 Å². The first-order valence-electron chi connectivity index (χ1n) is 8.87. The maximum atomic E-state index is 13.3. The fraction of sp³-hybridized carbons (Fsp3) is 0.381. The molecule has 0 atom stereocenters. The molecule has 0 bridgehead atoms. The largest absolute Gasteiger partial charge is 0.361 e. The van der Waals surface area contributed by atoms with Crippen LogP contribution in [-0.4, -0.2) is 21.9 Å². The molecule has 0 radical (unpaired) electrons. The monoisotopic (exact) mass is 368 g/mol. The van der Waals surface area contributed by atoms with Gasteiger partial charge in [0, 0.05) is 23.3 Å². The lowest BCUT2D eigenvalue weighted by atomic mass is 9.95. The topological polar surface area (TPSA) is 81.2 Å². The van der Waals surface area contributed by atoms with Crippen molar-refractivity contribution in [3.63, 3.8) is 0 Å². The molecule has 1 aromatic heterocycles. The van der Waals surface area contributed by atoms with Crippen LogP contribution in [0, 0.1) is 19.3 Å². The molecule has 1 heterocycles. The first-order valence-corrected chi connectivity index (χ1v) is 8.87. The Morgan fingerprint density at radius 1 is 1.30 bits per heavy atom. The lowest BCUT2D eigenvalue weighted by Gasteiger charge is -2.17. The average molecular weight is 368 g/mol. The first kappa shape index (κ1) is 20.4. The molecule has 0 saturated heterocycles. The van der Waals surface area contributed by atoms with Crippen molar-refractivity contribution in [2.24, 2.45) is 0 Å². The van der Waals surface area contributed by atoms with Crippen LogP contribution < -0.4 is 11.2 Å². The normalized spacial score (nSPS) is 10.8. The Morgan fingerprint density at radius 3 is 2.59 bits per heavy atom. The van der Waals surface area contributed by atoms with Gasteiger partial charge in [0.25, 0.3) is 5.56 Å². The summed E-state index contributed by atoms with van der Waals surface area (Å²) in [6, 6.07) is 5.06. The number of H-pyrrole nitrogens is 1. The van der Waals surface area contributed by atoms with Gasteiger partial charge in [0.05, 0.1) is 0 Å². The highest BCUT2D eigenvalue weighted by atomic mass is 16.5. The third-order valence-corrected chi connectivity index (χ3v) is 4.10. The number of rotatable bonds is 7. The summed E-state index contributed by atoms with van der Waals surface area (Å²) in [4.78, 5) is 40.4. The Bertz CT molecular complexity index is 1010. The predicted molar refractivity (Wildman–Crippen MR) is 104 cm³/mol. The van der Waals surface area contributed by atoms with Crippen molar-refractivity contribution < 1.29 is 9.53 Å². The van der Waals surface area contributed by atoms with E-state index in [0.717, 1.165) is 12.0 Å². The van der Waals surface area contributed by atoms with Gasteiger partial charge in [-0.05, 0) is 43.0 Å². The Morgan fingerprint density at radius 2 is 2.00 bits per heavy atom. The van der Waals surface area contributed by atoms with Crippen LogP contribution in [0.1, 0.15) is 65.9 Å². The van der Waals surface area contributed by atoms with Crippen molar-refractivity contribution >= 4 is 5.78 Å². The van der Waals surface area contributed by atoms with Gasteiger partial charge in [-0.1, -0.05) is 26.7 Å². The molecule has 1 N–H and O–H groups in total. The molecular weight excluding hydrogens is 344 g/mol. The van der Waals surface area contributed by atoms with Gasteiger partial charge in [0.2, 0.25) is 5.78 Å². The number of ketones is 1. The van der Waals surface area contributed by atoms with E-state index in [1.54, 1.807) is 32.0 Å². The van der Waals surface area contributed by atoms with Crippen LogP contribution >= 0.6 is 0 Å². The van der Waals surface area contributed by atoms with Gasteiger partial charge in [0.15, 0.2) is 0 Å². The molecule has 0 amide bonds. The standard InChI is InChI=1S/C21H24N2O4/c1-6-8-27-12-23-18(17(13(3)4)20(25)22-21(23)26)19(24)16-10-14(5)9-15(7-2)11-16/h2,9-11,13H,6,8,12H2,1,3-5H3,(H,22,25,26). The number of terminal acetylenes is 1. The fourth-order valence-electron chi connectivity index (χ4n) is 2.92. The van der Waals surface area contributed by atoms with Crippen molar-refractivity contribution in [3.8, 4) is 12.3 Å². The number of hydrogen-bond donors (Lipinski definition) is 1. The number of carbonyl (C=O) groups excluding carboxylic acids is 1. The van der Waals surface area contributed by atoms with E-state index in [2.05, 4.69) is 10.9 Å². The van der Waals surface area contributed by atoms with Crippen molar-refractivity contribution in [2.75, 3.05) is 6.61 Å². The van der Waals surface area contributed by atoms with Crippen LogP contribution in [0.2, 0.25) is 0 Å². The molecule has 2 aromatic rings. The minimum absolute atomic E-state index is 0.0448. The van der Waals surface area contributed by atoms with Crippen molar-refractivity contribution in [2.45, 2.75) is 46.8 Å². The van der Waals surface area contributed by atoms with E-state index >= 15 is 0 Å². The highest BCUT2D eigenvalue weighted by molar-refractivity contribution is 6.09. The van der Waals surface area contributed by atoms with Gasteiger partial charge in [-0.2, -0.15) is 0 Å². The summed E-state index contributed by atoms with van der Waals surface area (Å²) < 4.78 is 6.66. The molecule has 0 unspecified atom stereocenters. The van der Waals surface area contributed by atoms with E-state index in [1.807, 2.05) is 13.8 Å². The number of ether oxygens (including phenoxy) is 1. The van der Waals surface area contributed by atoms with Crippen molar-refractivity contribution in [1.82, 2.24) is 9.55 Å². The molecule has 0 fully saturated rings. The van der Waals surface area contributed by atoms with Gasteiger partial charge < -0.3 is 4.74 Å². The number of benzene rings is 1. The molecule has 142 valence electrons. The highest BCUT2D eigenvalue weighted by Crippen LogP contribution is 2.20. The van der Waals surface area contributed by atoms with Gasteiger partial charge >= 0.3 is 5.69 Å². The first-order chi connectivity index (χ1) is 12.8. The van der Waals surface area contributed by atoms with E-state index in [-0.39, 0.29) is 23.9 Å². The smallest absolute Gasteiger partial charge is 0.330 e. The maximum Gasteiger partial charge on any atom is 0.330 e. The zero-order valence-corrected chi connectivity index (χ0v) is 16.1. The maximum absolute atomic E-state index is 13.3. The summed E-state index contributed by atoms with van der Waals surface area (Å²) in [5.74, 6) is 1.83. The molecular formula is C21H24N2O4. The molecule has 0 aliphatic rings. The summed E-state index contributed by atoms with van der Waals surface area (Å²) >= 11 is 0. The molecule has 2 rings (SSSR count). The number of aromatic nitrogens is 2. The number of nitrogens with one attached hydrogen (secondary N) is 1. The minimum atomic E-state index is -0.673. The Hall–Kier alpha value is -2.91. The summed E-state index contributed by atoms with van der Waals surface area (Å²) in [5.41, 5.74) is 0.779. The number of hydrogen-bond acceptors (Lipinski definition) is 4. The van der Waals surface area contributed by atoms with Crippen LogP contribution in [0.4, 0.5) is 0 Å². The van der Waals surface area contributed by atoms with Gasteiger partial charge in [-0.25, -0.2) is 4.79 Å². The van der Waals surface area contributed by atoms with Crippen LogP contribution in [0.3, 0.4) is 0 Å². The number of carbonyl (C=O) groups is 1. The van der Waals surface area contributed by atoms with Gasteiger partial charge in [-0.15, -0.1) is 6.42 Å². The Labute approximate surface area is 158 Å². The summed E-state index contributed by atoms with van der Waals surface area (Å²) in [7, 11) is 0. The third kappa shape index (κ3) is 4.44. The van der Waals surface area contributed by atoms with E-state index in [4.69, 9.17) is 11.2 Å². The molecule has 0 spiro atoms. The average Bonchev–Trinajstić information content (AvgIpc) is 2.61. The molecule has 0 aliphatic carbocycles. The lowest BCUT2D eigenvalue weighted by molar-refractivity contribution is 0.0699. The zero-order chi connectivity index (χ0) is 20.1. The zero-order valence-electron chi connectivity index (χ0n) is 16.1. The second-order valence-corrected chi connectivity index (χ2v) is 6.70. The molecule has 0 aliphatic heterocycles. The van der Waals surface area contributed by atoms with Crippen LogP contribution in [0.5, 0.6) is 0 Å². The number of aromatic amines is 1. The Balaban J connectivity index is 2.74. The summed E-state index contributed by atoms with van der Waals surface area (Å²) in [5, 5.41) is 0. The van der Waals surface area contributed by atoms with E-state index < -0.39 is 17.0 Å². The van der Waals surface area contributed by atoms with Crippen LogP contribution in [0.15, 0.2) is 27.8 Å². The van der Waals surface area contributed by atoms with Gasteiger partial charge in [0.1, 0.15) is 12.4 Å². The molecule has 0 saturated carbocycles. The lowest BCUT2D eigenvalue weighted by Crippen LogP contribution is -2.38. The SMILES string of the molecule is C#Cc1cc(C)cc(C(=O)c2c(C(C)C)c(=O)[nH]c(=O)n2COCCC)c1. The number of nitrogens with zero attached hydrogens (tertiary/aromatic N) is 1. The van der Waals surface area contributed by atoms with E-state index in [0.29, 0.717) is 17.7 Å². The van der Waals surface area contributed by atoms with Crippen LogP contribution in [-0.2, 0) is 11.5 Å². The van der Waals surface area contributed by atoms with E-state index in [9.17, 15) is 14.4 Å². The third-order valence-electron chi connectivity index (χ3n) is 4.10. The quantitative estimate of drug-likeness (QED) is 0.463. The fourth-order valence-corrected chi connectivity index (χ4v) is 2.92. The van der Waals surface area contributed by atoms with Gasteiger partial charge in [-0.3, -0.25) is 19.1 Å². The predicted octanol–water partition coefficient (Wildman–Crippen LogP) is 2.56. The summed E-state index contributed by atoms with van der Waals surface area (Å²) in [6.07, 6.45) is 6.24. The molecule has 6 nitrogen and oxygen atoms in total. The molecule has 6 heteroatoms. The molecule has 1 aromatic carbocycles. The van der Waals surface area contributed by atoms with Crippen LogP contribution in [0.25, 0.3) is 0 Å². The number of aryl methyl sites for hydroxylation is 1. The summed E-state index contributed by atoms with van der Waals surface area (Å²) in [6.45, 7) is 7.68. The molecule has 27 heavy (non-hydrogen) atoms. The van der Waals surface area contributed by atoms with Crippen molar-refractivity contribution in [1.29, 1.82) is 0 Å². The Kier molecular flexibility index (Phi) is 6.54. The second-order valence-electron chi connectivity index (χ2n) is 6.70. The second kappa shape index (κ2) is 8.65. The van der Waals surface area contributed by atoms with E-state index in [1.165, 1.54) is 4.57 Å². The minimum Gasteiger partial charge on any atom is -0.361 e. The highest BCUT2D eigenvalue weighted by Gasteiger charge is 2.24.